The summed E-state index contributed by atoms with van der Waals surface area (Å²) in [6.07, 6.45) is 0.116. The van der Waals surface area contributed by atoms with Crippen molar-refractivity contribution in [3.05, 3.63) is 23.8 Å². The van der Waals surface area contributed by atoms with E-state index in [1.165, 1.54) is 0 Å². The predicted molar refractivity (Wildman–Crippen MR) is 79.7 cm³/mol. The Bertz CT molecular complexity index is 582. The van der Waals surface area contributed by atoms with Crippen LogP contribution in [0.1, 0.15) is 25.8 Å². The van der Waals surface area contributed by atoms with Crippen LogP contribution in [0.15, 0.2) is 18.2 Å². The Morgan fingerprint density at radius 3 is 2.55 bits per heavy atom. The zero-order chi connectivity index (χ0) is 16.3. The number of hydrogen-bond donors (Lipinski definition) is 1. The number of carbonyl (C=O) groups excluding carboxylic acids is 2. The molecule has 1 aliphatic rings. The number of amides is 1. The normalized spacial score (nSPS) is 19.5. The van der Waals surface area contributed by atoms with Crippen LogP contribution < -0.4 is 14.8 Å². The van der Waals surface area contributed by atoms with Gasteiger partial charge in [0.25, 0.3) is 0 Å². The van der Waals surface area contributed by atoms with E-state index >= 15 is 0 Å². The molecule has 0 aromatic heterocycles. The molecule has 1 fully saturated rings. The molecule has 1 saturated heterocycles. The minimum Gasteiger partial charge on any atom is -0.493 e. The lowest BCUT2D eigenvalue weighted by atomic mass is 9.90. The highest BCUT2D eigenvalue weighted by molar-refractivity contribution is 5.87. The summed E-state index contributed by atoms with van der Waals surface area (Å²) in [6.45, 7) is 3.84. The second-order valence-electron chi connectivity index (χ2n) is 5.74. The van der Waals surface area contributed by atoms with Crippen LogP contribution in [0.2, 0.25) is 0 Å². The van der Waals surface area contributed by atoms with Gasteiger partial charge in [0, 0.05) is 6.54 Å². The average molecular weight is 307 g/mol. The van der Waals surface area contributed by atoms with Crippen molar-refractivity contribution in [2.45, 2.75) is 32.4 Å². The van der Waals surface area contributed by atoms with Crippen molar-refractivity contribution in [1.29, 1.82) is 0 Å². The van der Waals surface area contributed by atoms with Crippen LogP contribution >= 0.6 is 0 Å². The Morgan fingerprint density at radius 2 is 2.00 bits per heavy atom. The summed E-state index contributed by atoms with van der Waals surface area (Å²) >= 11 is 0. The Morgan fingerprint density at radius 1 is 1.32 bits per heavy atom. The third-order valence-corrected chi connectivity index (χ3v) is 3.82. The van der Waals surface area contributed by atoms with Crippen molar-refractivity contribution < 1.29 is 23.8 Å². The Labute approximate surface area is 129 Å². The van der Waals surface area contributed by atoms with Gasteiger partial charge in [0.05, 0.1) is 26.6 Å². The number of carbonyl (C=O) groups is 2. The fraction of sp³-hybridized carbons (Fsp3) is 0.500. The van der Waals surface area contributed by atoms with Crippen molar-refractivity contribution in [2.24, 2.45) is 5.92 Å². The van der Waals surface area contributed by atoms with E-state index < -0.39 is 11.5 Å². The molecule has 1 atom stereocenters. The van der Waals surface area contributed by atoms with Crippen LogP contribution in [0.3, 0.4) is 0 Å². The van der Waals surface area contributed by atoms with Gasteiger partial charge in [0.15, 0.2) is 11.5 Å². The first-order chi connectivity index (χ1) is 10.4. The third-order valence-electron chi connectivity index (χ3n) is 3.82. The highest BCUT2D eigenvalue weighted by atomic mass is 16.6. The quantitative estimate of drug-likeness (QED) is 0.838. The number of cyclic esters (lactones) is 1. The largest absolute Gasteiger partial charge is 0.493 e. The van der Waals surface area contributed by atoms with Crippen LogP contribution in [0.4, 0.5) is 0 Å². The van der Waals surface area contributed by atoms with Gasteiger partial charge in [-0.2, -0.15) is 0 Å². The van der Waals surface area contributed by atoms with E-state index in [2.05, 4.69) is 5.32 Å². The van der Waals surface area contributed by atoms with Crippen LogP contribution in [0.25, 0.3) is 0 Å². The van der Waals surface area contributed by atoms with E-state index in [1.54, 1.807) is 40.2 Å². The van der Waals surface area contributed by atoms with Gasteiger partial charge in [-0.05, 0) is 31.5 Å². The summed E-state index contributed by atoms with van der Waals surface area (Å²) in [6, 6.07) is 5.44. The number of hydrogen-bond acceptors (Lipinski definition) is 5. The molecule has 1 aromatic carbocycles. The lowest BCUT2D eigenvalue weighted by molar-refractivity contribution is -0.147. The monoisotopic (exact) mass is 307 g/mol. The van der Waals surface area contributed by atoms with Gasteiger partial charge in [-0.1, -0.05) is 6.07 Å². The van der Waals surface area contributed by atoms with Gasteiger partial charge < -0.3 is 19.5 Å². The SMILES string of the molecule is COc1ccc(CNC(=O)C2CC(=O)OC2(C)C)cc1OC. The maximum absolute atomic E-state index is 12.3. The number of ether oxygens (including phenoxy) is 3. The molecule has 0 spiro atoms. The zero-order valence-corrected chi connectivity index (χ0v) is 13.3. The van der Waals surface area contributed by atoms with Crippen molar-refractivity contribution in [2.75, 3.05) is 14.2 Å². The Kier molecular flexibility index (Phi) is 4.59. The first-order valence-corrected chi connectivity index (χ1v) is 7.08. The minimum atomic E-state index is -0.765. The molecule has 1 aliphatic heterocycles. The smallest absolute Gasteiger partial charge is 0.307 e. The van der Waals surface area contributed by atoms with Crippen LogP contribution in [-0.4, -0.2) is 31.7 Å². The fourth-order valence-electron chi connectivity index (χ4n) is 2.53. The van der Waals surface area contributed by atoms with Crippen molar-refractivity contribution >= 4 is 11.9 Å². The summed E-state index contributed by atoms with van der Waals surface area (Å²) in [5.74, 6) is 0.240. The van der Waals surface area contributed by atoms with Gasteiger partial charge in [0.2, 0.25) is 5.91 Å². The molecule has 0 bridgehead atoms. The van der Waals surface area contributed by atoms with Gasteiger partial charge in [-0.15, -0.1) is 0 Å². The van der Waals surface area contributed by atoms with Crippen LogP contribution in [0.5, 0.6) is 11.5 Å². The molecule has 120 valence electrons. The predicted octanol–water partition coefficient (Wildman–Crippen LogP) is 1.66. The van der Waals surface area contributed by atoms with Crippen LogP contribution in [0, 0.1) is 5.92 Å². The van der Waals surface area contributed by atoms with E-state index in [0.717, 1.165) is 5.56 Å². The van der Waals surface area contributed by atoms with E-state index in [0.29, 0.717) is 18.0 Å². The lowest BCUT2D eigenvalue weighted by Gasteiger charge is -2.23. The number of nitrogens with one attached hydrogen (secondary N) is 1. The number of methoxy groups -OCH3 is 2. The molecule has 6 heteroatoms. The second-order valence-corrected chi connectivity index (χ2v) is 5.74. The van der Waals surface area contributed by atoms with Crippen molar-refractivity contribution in [3.8, 4) is 11.5 Å². The zero-order valence-electron chi connectivity index (χ0n) is 13.3. The summed E-state index contributed by atoms with van der Waals surface area (Å²) in [5, 5.41) is 2.84. The molecule has 1 aromatic rings. The average Bonchev–Trinajstić information content (AvgIpc) is 2.77. The van der Waals surface area contributed by atoms with Gasteiger partial charge in [-0.3, -0.25) is 9.59 Å². The Balaban J connectivity index is 2.01. The molecule has 0 radical (unpaired) electrons. The second kappa shape index (κ2) is 6.25. The summed E-state index contributed by atoms with van der Waals surface area (Å²) in [5.41, 5.74) is 0.118. The maximum atomic E-state index is 12.3. The molecule has 6 nitrogen and oxygen atoms in total. The van der Waals surface area contributed by atoms with Crippen molar-refractivity contribution in [1.82, 2.24) is 5.32 Å². The first kappa shape index (κ1) is 16.1. The molecule has 22 heavy (non-hydrogen) atoms. The van der Waals surface area contributed by atoms with Crippen LogP contribution in [-0.2, 0) is 20.9 Å². The van der Waals surface area contributed by atoms with E-state index in [1.807, 2.05) is 6.07 Å². The lowest BCUT2D eigenvalue weighted by Crippen LogP contribution is -2.40. The highest BCUT2D eigenvalue weighted by Gasteiger charge is 2.45. The van der Waals surface area contributed by atoms with Gasteiger partial charge in [0.1, 0.15) is 5.60 Å². The summed E-state index contributed by atoms with van der Waals surface area (Å²) < 4.78 is 15.6. The summed E-state index contributed by atoms with van der Waals surface area (Å²) in [4.78, 5) is 23.6. The third kappa shape index (κ3) is 3.32. The number of rotatable bonds is 5. The van der Waals surface area contributed by atoms with Crippen molar-refractivity contribution in [3.63, 3.8) is 0 Å². The standard InChI is InChI=1S/C16H21NO5/c1-16(2)11(8-14(18)22-16)15(19)17-9-10-5-6-12(20-3)13(7-10)21-4/h5-7,11H,8-9H2,1-4H3,(H,17,19). The van der Waals surface area contributed by atoms with E-state index in [-0.39, 0.29) is 18.3 Å². The molecule has 0 saturated carbocycles. The summed E-state index contributed by atoms with van der Waals surface area (Å²) in [7, 11) is 3.13. The first-order valence-electron chi connectivity index (χ1n) is 7.08. The van der Waals surface area contributed by atoms with Gasteiger partial charge >= 0.3 is 5.97 Å². The van der Waals surface area contributed by atoms with Gasteiger partial charge in [-0.25, -0.2) is 0 Å². The van der Waals surface area contributed by atoms with E-state index in [9.17, 15) is 9.59 Å². The number of esters is 1. The molecule has 1 N–H and O–H groups in total. The molecule has 1 amide bonds. The fourth-order valence-corrected chi connectivity index (χ4v) is 2.53. The molecule has 0 aliphatic carbocycles. The Hall–Kier alpha value is -2.24. The minimum absolute atomic E-state index is 0.116. The maximum Gasteiger partial charge on any atom is 0.307 e. The molecule has 1 heterocycles. The molecule has 2 rings (SSSR count). The number of benzene rings is 1. The highest BCUT2D eigenvalue weighted by Crippen LogP contribution is 2.32. The molecular formula is C16H21NO5. The van der Waals surface area contributed by atoms with E-state index in [4.69, 9.17) is 14.2 Å². The topological polar surface area (TPSA) is 73.9 Å². The molecular weight excluding hydrogens is 286 g/mol. The molecule has 1 unspecified atom stereocenters.